The van der Waals surface area contributed by atoms with Gasteiger partial charge in [0.05, 0.1) is 9.30 Å². The van der Waals surface area contributed by atoms with Gasteiger partial charge in [-0.2, -0.15) is 0 Å². The third kappa shape index (κ3) is 1.28. The molecule has 0 radical (unpaired) electrons. The van der Waals surface area contributed by atoms with Gasteiger partial charge >= 0.3 is 0 Å². The van der Waals surface area contributed by atoms with Crippen molar-refractivity contribution in [1.82, 2.24) is 9.97 Å². The maximum atomic E-state index is 11.2. The normalized spacial score (nSPS) is 10.8. The van der Waals surface area contributed by atoms with E-state index in [1.165, 1.54) is 11.3 Å². The summed E-state index contributed by atoms with van der Waals surface area (Å²) in [6.45, 7) is 0. The number of halogens is 2. The summed E-state index contributed by atoms with van der Waals surface area (Å²) in [4.78, 5) is 17.6. The van der Waals surface area contributed by atoms with Crippen LogP contribution in [0.3, 0.4) is 0 Å². The minimum absolute atomic E-state index is 0.123. The topological polar surface area (TPSA) is 45.8 Å². The zero-order chi connectivity index (χ0) is 8.72. The van der Waals surface area contributed by atoms with E-state index in [0.29, 0.717) is 10.2 Å². The smallest absolute Gasteiger partial charge is 0.269 e. The first-order valence-corrected chi connectivity index (χ1v) is 5.00. The fourth-order valence-corrected chi connectivity index (χ4v) is 2.48. The molecule has 0 aliphatic carbocycles. The number of H-pyrrole nitrogens is 1. The Morgan fingerprint density at radius 1 is 1.67 bits per heavy atom. The lowest BCUT2D eigenvalue weighted by Gasteiger charge is -1.87. The average Bonchev–Trinajstić information content (AvgIpc) is 2.29. The lowest BCUT2D eigenvalue weighted by Crippen LogP contribution is -2.05. The van der Waals surface area contributed by atoms with Crippen LogP contribution in [0.4, 0.5) is 0 Å². The van der Waals surface area contributed by atoms with Gasteiger partial charge in [0.15, 0.2) is 0 Å². The summed E-state index contributed by atoms with van der Waals surface area (Å²) in [5, 5.41) is 0.123. The van der Waals surface area contributed by atoms with Gasteiger partial charge in [0.1, 0.15) is 4.70 Å². The highest BCUT2D eigenvalue weighted by atomic mass is 79.9. The molecule has 2 aromatic heterocycles. The number of rotatable bonds is 0. The van der Waals surface area contributed by atoms with Crippen LogP contribution in [0.25, 0.3) is 10.2 Å². The second kappa shape index (κ2) is 2.83. The number of nitrogens with zero attached hydrogens (tertiary/aromatic N) is 1. The van der Waals surface area contributed by atoms with Crippen molar-refractivity contribution < 1.29 is 0 Å². The Bertz CT molecular complexity index is 492. The largest absolute Gasteiger partial charge is 0.296 e. The molecule has 0 saturated carbocycles. The molecule has 0 saturated heterocycles. The molecule has 1 N–H and O–H groups in total. The van der Waals surface area contributed by atoms with Crippen molar-refractivity contribution in [2.75, 3.05) is 0 Å². The van der Waals surface area contributed by atoms with Crippen LogP contribution in [0.1, 0.15) is 0 Å². The number of fused-ring (bicyclic) bond motifs is 1. The van der Waals surface area contributed by atoms with Gasteiger partial charge in [0.25, 0.3) is 5.56 Å². The van der Waals surface area contributed by atoms with Gasteiger partial charge in [0.2, 0.25) is 5.28 Å². The van der Waals surface area contributed by atoms with E-state index in [-0.39, 0.29) is 10.8 Å². The summed E-state index contributed by atoms with van der Waals surface area (Å²) in [5.74, 6) is 0. The maximum absolute atomic E-state index is 11.2. The van der Waals surface area contributed by atoms with Crippen molar-refractivity contribution in [3.05, 3.63) is 25.5 Å². The number of nitrogens with one attached hydrogen (secondary N) is 1. The molecule has 0 fully saturated rings. The Morgan fingerprint density at radius 3 is 3.17 bits per heavy atom. The monoisotopic (exact) mass is 264 g/mol. The van der Waals surface area contributed by atoms with E-state index in [9.17, 15) is 4.79 Å². The summed E-state index contributed by atoms with van der Waals surface area (Å²) < 4.78 is 1.46. The Labute approximate surface area is 84.5 Å². The van der Waals surface area contributed by atoms with Gasteiger partial charge in [-0.3, -0.25) is 9.78 Å². The van der Waals surface area contributed by atoms with E-state index in [0.717, 1.165) is 3.79 Å². The molecule has 12 heavy (non-hydrogen) atoms. The Hall–Kier alpha value is -0.390. The Kier molecular flexibility index (Phi) is 1.94. The minimum Gasteiger partial charge on any atom is -0.296 e. The van der Waals surface area contributed by atoms with Gasteiger partial charge in [-0.25, -0.2) is 4.98 Å². The molecule has 6 heteroatoms. The number of thiophene rings is 1. The number of hydrogen-bond acceptors (Lipinski definition) is 3. The fraction of sp³-hybridized carbons (Fsp3) is 0. The van der Waals surface area contributed by atoms with Crippen molar-refractivity contribution in [3.8, 4) is 0 Å². The van der Waals surface area contributed by atoms with Crippen LogP contribution >= 0.6 is 38.9 Å². The van der Waals surface area contributed by atoms with E-state index in [2.05, 4.69) is 25.9 Å². The molecule has 0 spiro atoms. The van der Waals surface area contributed by atoms with Crippen LogP contribution in [-0.2, 0) is 0 Å². The fourth-order valence-electron chi connectivity index (χ4n) is 0.882. The van der Waals surface area contributed by atoms with E-state index in [1.807, 2.05) is 0 Å². The van der Waals surface area contributed by atoms with Crippen LogP contribution in [-0.4, -0.2) is 9.97 Å². The molecule has 62 valence electrons. The predicted octanol–water partition coefficient (Wildman–Crippen LogP) is 2.40. The zero-order valence-electron chi connectivity index (χ0n) is 5.60. The van der Waals surface area contributed by atoms with Gasteiger partial charge in [-0.1, -0.05) is 0 Å². The maximum Gasteiger partial charge on any atom is 0.269 e. The Morgan fingerprint density at radius 2 is 2.42 bits per heavy atom. The Balaban J connectivity index is 2.98. The summed E-state index contributed by atoms with van der Waals surface area (Å²) in [5.41, 5.74) is 0.432. The molecule has 0 aliphatic rings. The first-order chi connectivity index (χ1) is 5.66. The van der Waals surface area contributed by atoms with Crippen LogP contribution in [0.5, 0.6) is 0 Å². The molecular weight excluding hydrogens is 264 g/mol. The van der Waals surface area contributed by atoms with Crippen molar-refractivity contribution in [2.24, 2.45) is 0 Å². The van der Waals surface area contributed by atoms with Crippen molar-refractivity contribution >= 4 is 49.1 Å². The van der Waals surface area contributed by atoms with Crippen molar-refractivity contribution in [3.63, 3.8) is 0 Å². The number of hydrogen-bond donors (Lipinski definition) is 1. The van der Waals surface area contributed by atoms with Crippen LogP contribution in [0.2, 0.25) is 5.28 Å². The second-order valence-electron chi connectivity index (χ2n) is 2.12. The highest BCUT2D eigenvalue weighted by Gasteiger charge is 2.05. The number of aromatic amines is 1. The van der Waals surface area contributed by atoms with Crippen LogP contribution < -0.4 is 5.56 Å². The van der Waals surface area contributed by atoms with Crippen LogP contribution in [0.15, 0.2) is 14.6 Å². The molecule has 0 aromatic carbocycles. The van der Waals surface area contributed by atoms with E-state index >= 15 is 0 Å². The standard InChI is InChI=1S/C6H2BrClN2OS/c7-3-1-2-4(12-3)5(11)10-6(8)9-2/h1H,(H,9,10,11). The third-order valence-electron chi connectivity index (χ3n) is 1.32. The van der Waals surface area contributed by atoms with Crippen molar-refractivity contribution in [1.29, 1.82) is 0 Å². The second-order valence-corrected chi connectivity index (χ2v) is 4.91. The molecule has 2 heterocycles. The average molecular weight is 266 g/mol. The quantitative estimate of drug-likeness (QED) is 0.744. The minimum atomic E-state index is -0.194. The lowest BCUT2D eigenvalue weighted by atomic mass is 10.5. The highest BCUT2D eigenvalue weighted by molar-refractivity contribution is 9.11. The molecule has 0 bridgehead atoms. The summed E-state index contributed by atoms with van der Waals surface area (Å²) in [7, 11) is 0. The molecule has 3 nitrogen and oxygen atoms in total. The van der Waals surface area contributed by atoms with Crippen molar-refractivity contribution in [2.45, 2.75) is 0 Å². The first-order valence-electron chi connectivity index (χ1n) is 3.01. The van der Waals surface area contributed by atoms with E-state index < -0.39 is 0 Å². The van der Waals surface area contributed by atoms with E-state index in [4.69, 9.17) is 11.6 Å². The molecule has 0 amide bonds. The molecule has 0 unspecified atom stereocenters. The summed E-state index contributed by atoms with van der Waals surface area (Å²) in [6.07, 6.45) is 0. The third-order valence-corrected chi connectivity index (χ3v) is 3.13. The molecule has 2 aromatic rings. The molecular formula is C6H2BrClN2OS. The first kappa shape index (κ1) is 8.22. The highest BCUT2D eigenvalue weighted by Crippen LogP contribution is 2.25. The summed E-state index contributed by atoms with van der Waals surface area (Å²) in [6, 6.07) is 1.76. The van der Waals surface area contributed by atoms with Crippen LogP contribution in [0, 0.1) is 0 Å². The van der Waals surface area contributed by atoms with Gasteiger partial charge < -0.3 is 0 Å². The van der Waals surface area contributed by atoms with Gasteiger partial charge in [-0.15, -0.1) is 11.3 Å². The molecule has 0 atom stereocenters. The summed E-state index contributed by atoms with van der Waals surface area (Å²) >= 11 is 10.2. The van der Waals surface area contributed by atoms with Gasteiger partial charge in [-0.05, 0) is 33.6 Å². The zero-order valence-corrected chi connectivity index (χ0v) is 8.76. The van der Waals surface area contributed by atoms with Gasteiger partial charge in [0, 0.05) is 0 Å². The molecule has 0 aliphatic heterocycles. The number of aromatic nitrogens is 2. The lowest BCUT2D eigenvalue weighted by molar-refractivity contribution is 1.18. The predicted molar refractivity (Wildman–Crippen MR) is 53.0 cm³/mol. The van der Waals surface area contributed by atoms with E-state index in [1.54, 1.807) is 6.07 Å². The molecule has 2 rings (SSSR count). The SMILES string of the molecule is O=c1[nH]c(Cl)nc2cc(Br)sc12.